The fourth-order valence-corrected chi connectivity index (χ4v) is 4.97. The molecule has 176 valence electrons. The SMILES string of the molecule is CCn1c(-c2nc3cc(C(=O)N4CCCC(NC(=O)O)C4)ccc3n2C)cc2cc(F)ccc21. The number of carbonyl (C=O) groups is 2. The molecule has 34 heavy (non-hydrogen) atoms. The maximum Gasteiger partial charge on any atom is 0.404 e. The quantitative estimate of drug-likeness (QED) is 0.474. The molecular formula is C25H26FN5O3. The molecule has 2 aromatic carbocycles. The van der Waals surface area contributed by atoms with Crippen molar-refractivity contribution in [1.82, 2.24) is 24.3 Å². The van der Waals surface area contributed by atoms with Crippen LogP contribution >= 0.6 is 0 Å². The minimum absolute atomic E-state index is 0.135. The molecule has 0 radical (unpaired) electrons. The molecule has 1 atom stereocenters. The molecule has 5 rings (SSSR count). The molecule has 1 aliphatic heterocycles. The first-order valence-electron chi connectivity index (χ1n) is 11.4. The van der Waals surface area contributed by atoms with Crippen LogP contribution in [0.5, 0.6) is 0 Å². The van der Waals surface area contributed by atoms with Crippen LogP contribution in [-0.4, -0.2) is 55.3 Å². The van der Waals surface area contributed by atoms with Crippen LogP contribution in [0.1, 0.15) is 30.1 Å². The highest BCUT2D eigenvalue weighted by molar-refractivity contribution is 5.98. The van der Waals surface area contributed by atoms with Gasteiger partial charge in [0.05, 0.1) is 16.7 Å². The van der Waals surface area contributed by atoms with Crippen LogP contribution in [0, 0.1) is 5.82 Å². The Morgan fingerprint density at radius 2 is 1.97 bits per heavy atom. The summed E-state index contributed by atoms with van der Waals surface area (Å²) < 4.78 is 17.9. The van der Waals surface area contributed by atoms with Crippen LogP contribution in [0.15, 0.2) is 42.5 Å². The zero-order chi connectivity index (χ0) is 24.0. The molecule has 0 aliphatic carbocycles. The molecule has 3 heterocycles. The number of aromatic nitrogens is 3. The van der Waals surface area contributed by atoms with E-state index < -0.39 is 6.09 Å². The number of carbonyl (C=O) groups excluding carboxylic acids is 1. The minimum atomic E-state index is -1.08. The van der Waals surface area contributed by atoms with Crippen molar-refractivity contribution in [3.05, 3.63) is 53.8 Å². The zero-order valence-corrected chi connectivity index (χ0v) is 19.1. The second-order valence-electron chi connectivity index (χ2n) is 8.71. The number of hydrogen-bond acceptors (Lipinski definition) is 3. The summed E-state index contributed by atoms with van der Waals surface area (Å²) in [5.41, 5.74) is 3.92. The van der Waals surface area contributed by atoms with Gasteiger partial charge in [-0.15, -0.1) is 0 Å². The number of imidazole rings is 1. The summed E-state index contributed by atoms with van der Waals surface area (Å²) in [6.07, 6.45) is 0.386. The second kappa shape index (κ2) is 8.48. The molecule has 4 aromatic rings. The average Bonchev–Trinajstić information content (AvgIpc) is 3.34. The van der Waals surface area contributed by atoms with Gasteiger partial charge < -0.3 is 24.5 Å². The number of nitrogens with one attached hydrogen (secondary N) is 1. The maximum absolute atomic E-state index is 13.8. The lowest BCUT2D eigenvalue weighted by atomic mass is 10.0. The third-order valence-corrected chi connectivity index (χ3v) is 6.57. The Balaban J connectivity index is 1.50. The van der Waals surface area contributed by atoms with E-state index in [0.717, 1.165) is 34.4 Å². The summed E-state index contributed by atoms with van der Waals surface area (Å²) in [6, 6.07) is 11.9. The Bertz CT molecular complexity index is 1420. The van der Waals surface area contributed by atoms with Gasteiger partial charge in [0.1, 0.15) is 5.82 Å². The summed E-state index contributed by atoms with van der Waals surface area (Å²) in [7, 11) is 1.93. The van der Waals surface area contributed by atoms with Crippen molar-refractivity contribution >= 4 is 33.9 Å². The van der Waals surface area contributed by atoms with E-state index in [9.17, 15) is 14.0 Å². The van der Waals surface area contributed by atoms with E-state index in [1.54, 1.807) is 23.1 Å². The summed E-state index contributed by atoms with van der Waals surface area (Å²) in [6.45, 7) is 3.69. The van der Waals surface area contributed by atoms with E-state index >= 15 is 0 Å². The lowest BCUT2D eigenvalue weighted by Gasteiger charge is -2.32. The molecule has 1 saturated heterocycles. The molecule has 1 unspecified atom stereocenters. The van der Waals surface area contributed by atoms with Gasteiger partial charge in [0, 0.05) is 49.2 Å². The summed E-state index contributed by atoms with van der Waals surface area (Å²) >= 11 is 0. The van der Waals surface area contributed by atoms with Gasteiger partial charge in [0.25, 0.3) is 5.91 Å². The Morgan fingerprint density at radius 3 is 2.74 bits per heavy atom. The number of likely N-dealkylation sites (tertiary alicyclic amines) is 1. The van der Waals surface area contributed by atoms with Gasteiger partial charge in [-0.3, -0.25) is 4.79 Å². The van der Waals surface area contributed by atoms with Crippen molar-refractivity contribution in [2.75, 3.05) is 13.1 Å². The minimum Gasteiger partial charge on any atom is -0.465 e. The van der Waals surface area contributed by atoms with E-state index in [1.807, 2.05) is 30.7 Å². The highest BCUT2D eigenvalue weighted by Gasteiger charge is 2.26. The van der Waals surface area contributed by atoms with Crippen molar-refractivity contribution in [1.29, 1.82) is 0 Å². The van der Waals surface area contributed by atoms with Crippen LogP contribution in [-0.2, 0) is 13.6 Å². The molecule has 0 bridgehead atoms. The van der Waals surface area contributed by atoms with Gasteiger partial charge in [-0.2, -0.15) is 0 Å². The largest absolute Gasteiger partial charge is 0.465 e. The van der Waals surface area contributed by atoms with Crippen molar-refractivity contribution in [2.45, 2.75) is 32.4 Å². The predicted molar refractivity (Wildman–Crippen MR) is 127 cm³/mol. The van der Waals surface area contributed by atoms with E-state index in [1.165, 1.54) is 12.1 Å². The van der Waals surface area contributed by atoms with Crippen LogP contribution in [0.4, 0.5) is 9.18 Å². The fraction of sp³-hybridized carbons (Fsp3) is 0.320. The van der Waals surface area contributed by atoms with Gasteiger partial charge in [0.2, 0.25) is 0 Å². The number of piperidine rings is 1. The predicted octanol–water partition coefficient (Wildman–Crippen LogP) is 4.23. The average molecular weight is 464 g/mol. The lowest BCUT2D eigenvalue weighted by Crippen LogP contribution is -2.49. The summed E-state index contributed by atoms with van der Waals surface area (Å²) in [5, 5.41) is 12.3. The normalized spacial score (nSPS) is 16.3. The Hall–Kier alpha value is -3.88. The molecule has 8 nitrogen and oxygen atoms in total. The number of hydrogen-bond donors (Lipinski definition) is 2. The molecule has 0 saturated carbocycles. The maximum atomic E-state index is 13.8. The molecule has 2 aromatic heterocycles. The number of nitrogens with zero attached hydrogens (tertiary/aromatic N) is 4. The second-order valence-corrected chi connectivity index (χ2v) is 8.71. The third-order valence-electron chi connectivity index (χ3n) is 6.57. The van der Waals surface area contributed by atoms with E-state index in [-0.39, 0.29) is 17.8 Å². The van der Waals surface area contributed by atoms with Crippen molar-refractivity contribution in [3.8, 4) is 11.5 Å². The Labute approximate surface area is 195 Å². The number of halogens is 1. The van der Waals surface area contributed by atoms with Crippen LogP contribution < -0.4 is 5.32 Å². The lowest BCUT2D eigenvalue weighted by molar-refractivity contribution is 0.0692. The van der Waals surface area contributed by atoms with Crippen molar-refractivity contribution < 1.29 is 19.1 Å². The Morgan fingerprint density at radius 1 is 1.18 bits per heavy atom. The van der Waals surface area contributed by atoms with Crippen molar-refractivity contribution in [3.63, 3.8) is 0 Å². The molecule has 1 aliphatic rings. The first-order valence-corrected chi connectivity index (χ1v) is 11.4. The summed E-state index contributed by atoms with van der Waals surface area (Å²) in [4.78, 5) is 30.7. The van der Waals surface area contributed by atoms with Gasteiger partial charge in [-0.05, 0) is 62.2 Å². The fourth-order valence-electron chi connectivity index (χ4n) is 4.97. The van der Waals surface area contributed by atoms with Crippen molar-refractivity contribution in [2.24, 2.45) is 7.05 Å². The van der Waals surface area contributed by atoms with Crippen LogP contribution in [0.25, 0.3) is 33.5 Å². The van der Waals surface area contributed by atoms with E-state index in [2.05, 4.69) is 9.88 Å². The van der Waals surface area contributed by atoms with E-state index in [0.29, 0.717) is 37.1 Å². The third kappa shape index (κ3) is 3.76. The van der Waals surface area contributed by atoms with E-state index in [4.69, 9.17) is 10.1 Å². The molecule has 2 N–H and O–H groups in total. The number of amides is 2. The number of rotatable bonds is 4. The van der Waals surface area contributed by atoms with Gasteiger partial charge in [0.15, 0.2) is 5.82 Å². The van der Waals surface area contributed by atoms with Crippen LogP contribution in [0.3, 0.4) is 0 Å². The first kappa shape index (κ1) is 21.9. The monoisotopic (exact) mass is 463 g/mol. The number of fused-ring (bicyclic) bond motifs is 2. The Kier molecular flexibility index (Phi) is 5.47. The molecule has 2 amide bonds. The standard InChI is InChI=1S/C25H26FN5O3/c1-3-31-20-9-7-17(26)11-16(20)13-22(31)23-28-19-12-15(6-8-21(19)29(23)2)24(32)30-10-4-5-18(14-30)27-25(33)34/h6-9,11-13,18,27H,3-5,10,14H2,1-2H3,(H,33,34). The summed E-state index contributed by atoms with van der Waals surface area (Å²) in [5.74, 6) is 0.324. The number of aryl methyl sites for hydroxylation is 2. The molecular weight excluding hydrogens is 437 g/mol. The molecule has 0 spiro atoms. The first-order chi connectivity index (χ1) is 16.4. The highest BCUT2D eigenvalue weighted by atomic mass is 19.1. The molecule has 1 fully saturated rings. The zero-order valence-electron chi connectivity index (χ0n) is 19.1. The van der Waals surface area contributed by atoms with Gasteiger partial charge >= 0.3 is 6.09 Å². The highest BCUT2D eigenvalue weighted by Crippen LogP contribution is 2.31. The van der Waals surface area contributed by atoms with Gasteiger partial charge in [-0.1, -0.05) is 0 Å². The van der Waals surface area contributed by atoms with Gasteiger partial charge in [-0.25, -0.2) is 14.2 Å². The number of carboxylic acid groups (broad SMARTS) is 1. The topological polar surface area (TPSA) is 92.4 Å². The smallest absolute Gasteiger partial charge is 0.404 e. The molecule has 9 heteroatoms. The van der Waals surface area contributed by atoms with Crippen LogP contribution in [0.2, 0.25) is 0 Å². The number of benzene rings is 2.